The number of H-pyrrole nitrogens is 1. The number of carbonyl (C=O) groups excluding carboxylic acids is 3. The van der Waals surface area contributed by atoms with Gasteiger partial charge < -0.3 is 25.3 Å². The zero-order chi connectivity index (χ0) is 26.6. The maximum absolute atomic E-state index is 12.8. The van der Waals surface area contributed by atoms with Gasteiger partial charge in [0.05, 0.1) is 0 Å². The van der Waals surface area contributed by atoms with E-state index in [0.29, 0.717) is 36.0 Å². The Bertz CT molecular complexity index is 1190. The highest BCUT2D eigenvalue weighted by Crippen LogP contribution is 2.60. The van der Waals surface area contributed by atoms with Gasteiger partial charge in [-0.3, -0.25) is 14.4 Å². The van der Waals surface area contributed by atoms with Crippen molar-refractivity contribution >= 4 is 17.7 Å². The van der Waals surface area contributed by atoms with Gasteiger partial charge in [0.25, 0.3) is 11.8 Å². The maximum Gasteiger partial charge on any atom is 0.267 e. The number of aromatic nitrogens is 1. The fraction of sp³-hybridized carbons (Fsp3) is 0.581. The molecule has 5 saturated carbocycles. The Kier molecular flexibility index (Phi) is 6.16. The number of benzene rings is 1. The van der Waals surface area contributed by atoms with Crippen LogP contribution in [0.4, 0.5) is 0 Å². The Morgan fingerprint density at radius 1 is 0.949 bits per heavy atom. The summed E-state index contributed by atoms with van der Waals surface area (Å²) in [5.41, 5.74) is 2.33. The highest BCUT2D eigenvalue weighted by molar-refractivity contribution is 5.92. The summed E-state index contributed by atoms with van der Waals surface area (Å²) in [4.78, 5) is 41.7. The van der Waals surface area contributed by atoms with Crippen molar-refractivity contribution in [3.05, 3.63) is 53.9 Å². The molecule has 3 N–H and O–H groups in total. The van der Waals surface area contributed by atoms with Gasteiger partial charge in [0, 0.05) is 50.1 Å². The molecule has 3 amide bonds. The van der Waals surface area contributed by atoms with Crippen LogP contribution in [0.3, 0.4) is 0 Å². The Morgan fingerprint density at radius 3 is 2.23 bits per heavy atom. The highest BCUT2D eigenvalue weighted by atomic mass is 16.5. The molecule has 8 rings (SSSR count). The van der Waals surface area contributed by atoms with Crippen LogP contribution in [0.15, 0.2) is 42.6 Å². The van der Waals surface area contributed by atoms with E-state index < -0.39 is 0 Å². The van der Waals surface area contributed by atoms with Crippen LogP contribution in [0.1, 0.15) is 61.0 Å². The van der Waals surface area contributed by atoms with E-state index in [1.54, 1.807) is 18.3 Å². The Balaban J connectivity index is 0.827. The van der Waals surface area contributed by atoms with Crippen LogP contribution >= 0.6 is 0 Å². The average Bonchev–Trinajstić information content (AvgIpc) is 3.31. The van der Waals surface area contributed by atoms with E-state index in [0.717, 1.165) is 23.5 Å². The van der Waals surface area contributed by atoms with Gasteiger partial charge in [0.1, 0.15) is 11.4 Å². The number of fused-ring (bicyclic) bond motifs is 1. The zero-order valence-electron chi connectivity index (χ0n) is 22.4. The molecule has 8 nitrogen and oxygen atoms in total. The van der Waals surface area contributed by atoms with Crippen molar-refractivity contribution < 1.29 is 19.1 Å². The first-order valence-corrected chi connectivity index (χ1v) is 14.7. The Morgan fingerprint density at radius 2 is 1.62 bits per heavy atom. The minimum absolute atomic E-state index is 0.00414. The third-order valence-electron chi connectivity index (χ3n) is 10.2. The molecule has 1 unspecified atom stereocenters. The first kappa shape index (κ1) is 24.7. The summed E-state index contributed by atoms with van der Waals surface area (Å²) in [6, 6.07) is 12.2. The summed E-state index contributed by atoms with van der Waals surface area (Å²) < 4.78 is 5.89. The van der Waals surface area contributed by atoms with Crippen LogP contribution in [0.25, 0.3) is 0 Å². The predicted octanol–water partition coefficient (Wildman–Crippen LogP) is 3.25. The molecule has 3 atom stereocenters. The summed E-state index contributed by atoms with van der Waals surface area (Å²) in [5.74, 6) is 3.87. The lowest BCUT2D eigenvalue weighted by Crippen LogP contribution is -2.48. The van der Waals surface area contributed by atoms with Crippen LogP contribution in [-0.2, 0) is 15.0 Å². The van der Waals surface area contributed by atoms with Gasteiger partial charge in [0.15, 0.2) is 6.61 Å². The van der Waals surface area contributed by atoms with Crippen molar-refractivity contribution in [2.45, 2.75) is 56.4 Å². The second-order valence-corrected chi connectivity index (χ2v) is 12.8. The number of carbonyl (C=O) groups is 3. The number of nitrogens with one attached hydrogen (secondary N) is 3. The number of hydrogen-bond acceptors (Lipinski definition) is 4. The van der Waals surface area contributed by atoms with E-state index in [-0.39, 0.29) is 43.3 Å². The first-order valence-electron chi connectivity index (χ1n) is 14.7. The molecule has 4 bridgehead atoms. The molecule has 1 aliphatic heterocycles. The topological polar surface area (TPSA) is 104 Å². The average molecular weight is 531 g/mol. The van der Waals surface area contributed by atoms with Gasteiger partial charge in [-0.05, 0) is 91.5 Å². The number of nitrogens with zero attached hydrogens (tertiary/aromatic N) is 1. The van der Waals surface area contributed by atoms with Crippen molar-refractivity contribution in [2.24, 2.45) is 29.6 Å². The molecule has 6 aliphatic rings. The Labute approximate surface area is 229 Å². The van der Waals surface area contributed by atoms with Crippen molar-refractivity contribution in [3.8, 4) is 5.75 Å². The molecule has 2 heterocycles. The van der Waals surface area contributed by atoms with Crippen LogP contribution in [0.2, 0.25) is 0 Å². The van der Waals surface area contributed by atoms with Crippen LogP contribution in [0, 0.1) is 29.6 Å². The van der Waals surface area contributed by atoms with Gasteiger partial charge in [-0.15, -0.1) is 0 Å². The molecule has 1 aromatic carbocycles. The molecular weight excluding hydrogens is 492 g/mol. The van der Waals surface area contributed by atoms with Crippen molar-refractivity contribution in [1.29, 1.82) is 0 Å². The lowest BCUT2D eigenvalue weighted by molar-refractivity contribution is -0.132. The Hall–Kier alpha value is -3.29. The van der Waals surface area contributed by atoms with E-state index in [2.05, 4.69) is 39.9 Å². The van der Waals surface area contributed by atoms with E-state index in [9.17, 15) is 14.4 Å². The minimum Gasteiger partial charge on any atom is -0.484 e. The van der Waals surface area contributed by atoms with Crippen LogP contribution in [-0.4, -0.2) is 59.9 Å². The second-order valence-electron chi connectivity index (χ2n) is 12.8. The summed E-state index contributed by atoms with van der Waals surface area (Å²) in [6.45, 7) is 1.66. The molecule has 8 heteroatoms. The monoisotopic (exact) mass is 530 g/mol. The molecular formula is C31H38N4O4. The summed E-state index contributed by atoms with van der Waals surface area (Å²) >= 11 is 0. The third kappa shape index (κ3) is 4.83. The molecule has 5 aliphatic carbocycles. The van der Waals surface area contributed by atoms with Gasteiger partial charge >= 0.3 is 0 Å². The van der Waals surface area contributed by atoms with Crippen molar-refractivity contribution in [3.63, 3.8) is 0 Å². The smallest absolute Gasteiger partial charge is 0.267 e. The second kappa shape index (κ2) is 9.72. The van der Waals surface area contributed by atoms with E-state index >= 15 is 0 Å². The lowest BCUT2D eigenvalue weighted by atomic mass is 9.48. The largest absolute Gasteiger partial charge is 0.484 e. The normalized spacial score (nSPS) is 33.5. The van der Waals surface area contributed by atoms with Gasteiger partial charge in [-0.1, -0.05) is 12.1 Å². The summed E-state index contributed by atoms with van der Waals surface area (Å²) in [6.07, 6.45) is 10.3. The third-order valence-corrected chi connectivity index (χ3v) is 10.2. The highest BCUT2D eigenvalue weighted by Gasteiger charge is 2.57. The summed E-state index contributed by atoms with van der Waals surface area (Å²) in [5, 5.41) is 5.81. The lowest BCUT2D eigenvalue weighted by Gasteiger charge is -2.57. The number of hydrogen-bond donors (Lipinski definition) is 3. The van der Waals surface area contributed by atoms with E-state index in [1.807, 2.05) is 4.90 Å². The minimum atomic E-state index is -0.217. The maximum atomic E-state index is 12.8. The molecule has 1 saturated heterocycles. The number of rotatable bonds is 9. The molecule has 2 aromatic rings. The SMILES string of the molecule is O=C(CCNC(=O)c1ccc[nH]1)NC1[C@H]2CN(C(=O)COc3ccc(C45CC6CC(CC(C6)C4)C5)cc3)C[C@@H]12. The number of likely N-dealkylation sites (tertiary alicyclic amines) is 1. The van der Waals surface area contributed by atoms with Gasteiger partial charge in [-0.2, -0.15) is 0 Å². The molecule has 39 heavy (non-hydrogen) atoms. The van der Waals surface area contributed by atoms with Gasteiger partial charge in [0.2, 0.25) is 5.91 Å². The van der Waals surface area contributed by atoms with Crippen molar-refractivity contribution in [1.82, 2.24) is 20.5 Å². The predicted molar refractivity (Wildman–Crippen MR) is 145 cm³/mol. The van der Waals surface area contributed by atoms with Crippen molar-refractivity contribution in [2.75, 3.05) is 26.2 Å². The van der Waals surface area contributed by atoms with E-state index in [4.69, 9.17) is 4.74 Å². The molecule has 6 fully saturated rings. The number of amides is 3. The fourth-order valence-corrected chi connectivity index (χ4v) is 8.66. The number of aromatic amines is 1. The number of piperidine rings is 1. The molecule has 0 spiro atoms. The first-order chi connectivity index (χ1) is 19.0. The zero-order valence-corrected chi connectivity index (χ0v) is 22.4. The molecule has 206 valence electrons. The van der Waals surface area contributed by atoms with Crippen LogP contribution in [0.5, 0.6) is 5.75 Å². The van der Waals surface area contributed by atoms with Gasteiger partial charge in [-0.25, -0.2) is 0 Å². The standard InChI is InChI=1S/C31H38N4O4/c36-27(7-9-33-30(38)26-2-1-8-32-26)34-29-24-16-35(17-25(24)29)28(37)18-39-23-5-3-22(4-6-23)31-13-19-10-20(14-31)12-21(11-19)15-31/h1-6,8,19-21,24-25,29,32H,7,9-18H2,(H,33,38)(H,34,36)/t19?,20?,21?,24-,25+,29?,31?. The van der Waals surface area contributed by atoms with E-state index in [1.165, 1.54) is 44.1 Å². The quantitative estimate of drug-likeness (QED) is 0.463. The van der Waals surface area contributed by atoms with Crippen LogP contribution < -0.4 is 15.4 Å². The molecule has 0 radical (unpaired) electrons. The fourth-order valence-electron chi connectivity index (χ4n) is 8.66. The number of ether oxygens (including phenoxy) is 1. The molecule has 1 aromatic heterocycles. The summed E-state index contributed by atoms with van der Waals surface area (Å²) in [7, 11) is 0.